The summed E-state index contributed by atoms with van der Waals surface area (Å²) in [4.78, 5) is 20.6. The van der Waals surface area contributed by atoms with Crippen LogP contribution in [0.25, 0.3) is 0 Å². The quantitative estimate of drug-likeness (QED) is 0.799. The summed E-state index contributed by atoms with van der Waals surface area (Å²) >= 11 is 0. The molecule has 0 bridgehead atoms. The lowest BCUT2D eigenvalue weighted by Crippen LogP contribution is -2.45. The van der Waals surface area contributed by atoms with Gasteiger partial charge in [-0.3, -0.25) is 0 Å². The maximum Gasteiger partial charge on any atom is 0.322 e. The summed E-state index contributed by atoms with van der Waals surface area (Å²) in [5.74, 6) is 1.46. The smallest absolute Gasteiger partial charge is 0.322 e. The first-order chi connectivity index (χ1) is 13.1. The van der Waals surface area contributed by atoms with Gasteiger partial charge in [-0.1, -0.05) is 12.8 Å². The molecule has 3 heterocycles. The van der Waals surface area contributed by atoms with Crippen LogP contribution in [0.2, 0.25) is 0 Å². The van der Waals surface area contributed by atoms with Crippen molar-refractivity contribution in [2.75, 3.05) is 56.7 Å². The molecule has 2 fully saturated rings. The van der Waals surface area contributed by atoms with Crippen LogP contribution < -0.4 is 14.5 Å². The Bertz CT molecular complexity index is 584. The molecule has 3 rings (SSSR count). The number of piperidine rings is 1. The molecule has 0 aromatic carbocycles. The fourth-order valence-corrected chi connectivity index (χ4v) is 4.05. The molecule has 0 aliphatic carbocycles. The van der Waals surface area contributed by atoms with Crippen molar-refractivity contribution in [1.29, 1.82) is 0 Å². The Hall–Kier alpha value is -1.67. The lowest BCUT2D eigenvalue weighted by molar-refractivity contribution is 0.107. The molecule has 1 atom stereocenters. The molecular weight excluding hydrogens is 344 g/mol. The van der Waals surface area contributed by atoms with Crippen LogP contribution in [0.5, 0.6) is 6.01 Å². The van der Waals surface area contributed by atoms with Crippen LogP contribution in [-0.2, 0) is 0 Å². The molecule has 1 aromatic heterocycles. The lowest BCUT2D eigenvalue weighted by atomic mass is 10.0. The third kappa shape index (κ3) is 5.42. The lowest BCUT2D eigenvalue weighted by Gasteiger charge is -2.37. The summed E-state index contributed by atoms with van der Waals surface area (Å²) in [6, 6.07) is 0.886. The first-order valence-corrected chi connectivity index (χ1v) is 10.2. The van der Waals surface area contributed by atoms with Crippen LogP contribution in [0.15, 0.2) is 0 Å². The maximum absolute atomic E-state index is 9.62. The van der Waals surface area contributed by atoms with Gasteiger partial charge in [-0.15, -0.1) is 0 Å². The van der Waals surface area contributed by atoms with E-state index in [1.54, 1.807) is 7.11 Å². The molecule has 1 aromatic rings. The predicted molar refractivity (Wildman–Crippen MR) is 107 cm³/mol. The van der Waals surface area contributed by atoms with E-state index in [0.29, 0.717) is 18.6 Å². The Morgan fingerprint density at radius 3 is 2.07 bits per heavy atom. The molecule has 2 saturated heterocycles. The maximum atomic E-state index is 9.62. The number of anilines is 2. The minimum Gasteiger partial charge on any atom is -0.467 e. The Balaban J connectivity index is 1.68. The highest BCUT2D eigenvalue weighted by molar-refractivity contribution is 5.41. The highest BCUT2D eigenvalue weighted by Crippen LogP contribution is 2.24. The molecule has 8 nitrogen and oxygen atoms in total. The van der Waals surface area contributed by atoms with Gasteiger partial charge >= 0.3 is 6.01 Å². The minimum atomic E-state index is -0.294. The van der Waals surface area contributed by atoms with Gasteiger partial charge < -0.3 is 24.5 Å². The number of aromatic nitrogens is 3. The van der Waals surface area contributed by atoms with Crippen molar-refractivity contribution in [3.05, 3.63) is 0 Å². The third-order valence-corrected chi connectivity index (χ3v) is 5.59. The number of rotatable bonds is 6. The summed E-state index contributed by atoms with van der Waals surface area (Å²) in [5.41, 5.74) is 0. The van der Waals surface area contributed by atoms with Crippen molar-refractivity contribution in [3.63, 3.8) is 0 Å². The Morgan fingerprint density at radius 2 is 1.56 bits per heavy atom. The average molecular weight is 379 g/mol. The Kier molecular flexibility index (Phi) is 7.07. The number of hydrogen-bond donors (Lipinski definition) is 1. The van der Waals surface area contributed by atoms with Gasteiger partial charge in [0.2, 0.25) is 11.9 Å². The number of nitrogens with zero attached hydrogens (tertiary/aromatic N) is 6. The first kappa shape index (κ1) is 20.1. The second kappa shape index (κ2) is 9.50. The van der Waals surface area contributed by atoms with Crippen LogP contribution in [-0.4, -0.2) is 84.0 Å². The average Bonchev–Trinajstić information content (AvgIpc) is 2.96. The Labute approximate surface area is 162 Å². The van der Waals surface area contributed by atoms with Gasteiger partial charge in [0, 0.05) is 38.8 Å². The summed E-state index contributed by atoms with van der Waals surface area (Å²) in [6.45, 7) is 6.36. The molecule has 8 heteroatoms. The number of aliphatic hydroxyl groups is 1. The number of aliphatic hydroxyl groups excluding tert-OH is 1. The number of ether oxygens (including phenoxy) is 1. The largest absolute Gasteiger partial charge is 0.467 e. The fraction of sp³-hybridized carbons (Fsp3) is 0.842. The van der Waals surface area contributed by atoms with Crippen LogP contribution in [0.1, 0.15) is 45.4 Å². The monoisotopic (exact) mass is 378 g/mol. The highest BCUT2D eigenvalue weighted by atomic mass is 16.5. The minimum absolute atomic E-state index is 0.294. The van der Waals surface area contributed by atoms with Crippen molar-refractivity contribution in [3.8, 4) is 6.01 Å². The normalized spacial score (nSPS) is 20.6. The second-order valence-electron chi connectivity index (χ2n) is 7.83. The van der Waals surface area contributed by atoms with Gasteiger partial charge in [-0.25, -0.2) is 0 Å². The number of likely N-dealkylation sites (N-methyl/N-ethyl adjacent to an activating group) is 1. The summed E-state index contributed by atoms with van der Waals surface area (Å²) in [6.07, 6.45) is 6.70. The van der Waals surface area contributed by atoms with Crippen molar-refractivity contribution in [1.82, 2.24) is 19.9 Å². The molecule has 2 aliphatic rings. The molecule has 0 radical (unpaired) electrons. The van der Waals surface area contributed by atoms with Crippen LogP contribution >= 0.6 is 0 Å². The van der Waals surface area contributed by atoms with E-state index in [2.05, 4.69) is 31.7 Å². The van der Waals surface area contributed by atoms with Crippen molar-refractivity contribution >= 4 is 11.9 Å². The highest BCUT2D eigenvalue weighted by Gasteiger charge is 2.26. The molecule has 27 heavy (non-hydrogen) atoms. The van der Waals surface area contributed by atoms with Gasteiger partial charge in [-0.2, -0.15) is 15.0 Å². The molecule has 0 spiro atoms. The van der Waals surface area contributed by atoms with Gasteiger partial charge in [-0.05, 0) is 39.7 Å². The topological polar surface area (TPSA) is 77.9 Å². The fourth-order valence-electron chi connectivity index (χ4n) is 4.05. The van der Waals surface area contributed by atoms with E-state index in [0.717, 1.165) is 50.9 Å². The zero-order valence-corrected chi connectivity index (χ0v) is 17.0. The van der Waals surface area contributed by atoms with Gasteiger partial charge in [0.15, 0.2) is 0 Å². The van der Waals surface area contributed by atoms with Crippen molar-refractivity contribution in [2.24, 2.45) is 0 Å². The summed E-state index contributed by atoms with van der Waals surface area (Å²) in [5, 5.41) is 9.62. The summed E-state index contributed by atoms with van der Waals surface area (Å²) < 4.78 is 5.36. The van der Waals surface area contributed by atoms with Crippen molar-refractivity contribution < 1.29 is 9.84 Å². The summed E-state index contributed by atoms with van der Waals surface area (Å²) in [7, 11) is 3.71. The molecular formula is C19H34N6O2. The molecule has 2 aliphatic heterocycles. The van der Waals surface area contributed by atoms with E-state index < -0.39 is 0 Å². The van der Waals surface area contributed by atoms with E-state index in [1.807, 2.05) is 6.92 Å². The van der Waals surface area contributed by atoms with Crippen LogP contribution in [0.3, 0.4) is 0 Å². The molecule has 1 N–H and O–H groups in total. The molecule has 152 valence electrons. The van der Waals surface area contributed by atoms with Gasteiger partial charge in [0.1, 0.15) is 0 Å². The number of methoxy groups -OCH3 is 1. The van der Waals surface area contributed by atoms with E-state index in [4.69, 9.17) is 9.72 Å². The zero-order chi connectivity index (χ0) is 19.2. The standard InChI is InChI=1S/C19H34N6O2/c1-15(26)14-23(2)16-8-12-25(13-9-16)18-20-17(21-19(22-18)27-3)24-10-6-4-5-7-11-24/h15-16,26H,4-14H2,1-3H3/t15-/m0/s1. The molecule has 0 saturated carbocycles. The predicted octanol–water partition coefficient (Wildman–Crippen LogP) is 1.54. The van der Waals surface area contributed by atoms with E-state index in [9.17, 15) is 5.11 Å². The van der Waals surface area contributed by atoms with E-state index >= 15 is 0 Å². The molecule has 0 amide bonds. The van der Waals surface area contributed by atoms with E-state index in [-0.39, 0.29) is 6.10 Å². The van der Waals surface area contributed by atoms with Crippen molar-refractivity contribution in [2.45, 2.75) is 57.6 Å². The first-order valence-electron chi connectivity index (χ1n) is 10.2. The SMILES string of the molecule is COc1nc(N2CCCCCC2)nc(N2CCC(N(C)C[C@H](C)O)CC2)n1. The van der Waals surface area contributed by atoms with Gasteiger partial charge in [0.05, 0.1) is 13.2 Å². The number of hydrogen-bond acceptors (Lipinski definition) is 8. The molecule has 0 unspecified atom stereocenters. The Morgan fingerprint density at radius 1 is 1.00 bits per heavy atom. The zero-order valence-electron chi connectivity index (χ0n) is 17.0. The van der Waals surface area contributed by atoms with Gasteiger partial charge in [0.25, 0.3) is 0 Å². The second-order valence-corrected chi connectivity index (χ2v) is 7.83. The van der Waals surface area contributed by atoms with Crippen LogP contribution in [0, 0.1) is 0 Å². The third-order valence-electron chi connectivity index (χ3n) is 5.59. The van der Waals surface area contributed by atoms with Crippen LogP contribution in [0.4, 0.5) is 11.9 Å². The van der Waals surface area contributed by atoms with E-state index in [1.165, 1.54) is 25.7 Å².